The Morgan fingerprint density at radius 1 is 1.38 bits per heavy atom. The van der Waals surface area contributed by atoms with Crippen molar-refractivity contribution in [3.63, 3.8) is 0 Å². The summed E-state index contributed by atoms with van der Waals surface area (Å²) in [5.41, 5.74) is 7.46. The number of benzene rings is 1. The summed E-state index contributed by atoms with van der Waals surface area (Å²) in [6.45, 7) is 3.03. The van der Waals surface area contributed by atoms with Gasteiger partial charge in [-0.2, -0.15) is 0 Å². The fourth-order valence-electron chi connectivity index (χ4n) is 1.75. The van der Waals surface area contributed by atoms with Crippen LogP contribution in [0.3, 0.4) is 0 Å². The Hall–Kier alpha value is -2.08. The van der Waals surface area contributed by atoms with E-state index in [-0.39, 0.29) is 12.3 Å². The van der Waals surface area contributed by atoms with Gasteiger partial charge in [0.05, 0.1) is 18.7 Å². The summed E-state index contributed by atoms with van der Waals surface area (Å²) < 4.78 is 5.61. The number of hydrogen-bond donors (Lipinski definition) is 1. The number of ether oxygens (including phenoxy) is 1. The van der Waals surface area contributed by atoms with Gasteiger partial charge in [-0.3, -0.25) is 4.79 Å². The summed E-state index contributed by atoms with van der Waals surface area (Å²) in [7, 11) is 1.76. The molecule has 0 radical (unpaired) electrons. The van der Waals surface area contributed by atoms with E-state index in [1.165, 1.54) is 16.9 Å². The number of nitrogen functional groups attached to an aromatic ring is 1. The van der Waals surface area contributed by atoms with Gasteiger partial charge in [0.1, 0.15) is 12.4 Å². The smallest absolute Gasteiger partial charge is 0.228 e. The van der Waals surface area contributed by atoms with Gasteiger partial charge in [0.25, 0.3) is 0 Å². The Morgan fingerprint density at radius 2 is 2.10 bits per heavy atom. The van der Waals surface area contributed by atoms with Gasteiger partial charge in [-0.25, -0.2) is 4.98 Å². The van der Waals surface area contributed by atoms with E-state index >= 15 is 0 Å². The molecular formula is C15H19N3O2S. The molecule has 0 aliphatic heterocycles. The van der Waals surface area contributed by atoms with Crippen molar-refractivity contribution in [2.45, 2.75) is 13.3 Å². The fourth-order valence-corrected chi connectivity index (χ4v) is 2.32. The zero-order valence-electron chi connectivity index (χ0n) is 12.2. The van der Waals surface area contributed by atoms with E-state index < -0.39 is 0 Å². The molecule has 0 saturated carbocycles. The third-order valence-corrected chi connectivity index (χ3v) is 3.77. The number of aromatic nitrogens is 1. The second-order valence-electron chi connectivity index (χ2n) is 4.83. The largest absolute Gasteiger partial charge is 0.492 e. The molecule has 2 N–H and O–H groups in total. The Balaban J connectivity index is 1.74. The van der Waals surface area contributed by atoms with Gasteiger partial charge in [-0.1, -0.05) is 17.7 Å². The third kappa shape index (κ3) is 4.75. The second kappa shape index (κ2) is 7.08. The van der Waals surface area contributed by atoms with Crippen molar-refractivity contribution in [3.8, 4) is 5.75 Å². The monoisotopic (exact) mass is 305 g/mol. The van der Waals surface area contributed by atoms with Gasteiger partial charge in [0, 0.05) is 12.4 Å². The van der Waals surface area contributed by atoms with Crippen molar-refractivity contribution in [3.05, 3.63) is 40.9 Å². The number of aryl methyl sites for hydroxylation is 1. The van der Waals surface area contributed by atoms with Gasteiger partial charge in [0.15, 0.2) is 5.13 Å². The Kier molecular flexibility index (Phi) is 5.16. The van der Waals surface area contributed by atoms with E-state index in [1.54, 1.807) is 11.9 Å². The molecule has 112 valence electrons. The molecule has 1 aromatic heterocycles. The van der Waals surface area contributed by atoms with Crippen LogP contribution in [0.5, 0.6) is 5.75 Å². The average molecular weight is 305 g/mol. The van der Waals surface area contributed by atoms with Crippen LogP contribution in [0.2, 0.25) is 0 Å². The number of anilines is 1. The number of nitrogens with two attached hydrogens (primary N) is 1. The lowest BCUT2D eigenvalue weighted by Gasteiger charge is -2.17. The number of carbonyl (C=O) groups excluding carboxylic acids is 1. The van der Waals surface area contributed by atoms with Crippen LogP contribution >= 0.6 is 11.3 Å². The first-order chi connectivity index (χ1) is 10.0. The number of likely N-dealkylation sites (N-methyl/N-ethyl adjacent to an activating group) is 1. The van der Waals surface area contributed by atoms with E-state index in [1.807, 2.05) is 36.6 Å². The van der Waals surface area contributed by atoms with Crippen molar-refractivity contribution < 1.29 is 9.53 Å². The average Bonchev–Trinajstić information content (AvgIpc) is 2.86. The van der Waals surface area contributed by atoms with Crippen LogP contribution in [0, 0.1) is 6.92 Å². The minimum absolute atomic E-state index is 0.00723. The van der Waals surface area contributed by atoms with Crippen LogP contribution in [0.1, 0.15) is 11.3 Å². The number of thiazole rings is 1. The summed E-state index contributed by atoms with van der Waals surface area (Å²) >= 11 is 1.35. The molecular weight excluding hydrogens is 286 g/mol. The van der Waals surface area contributed by atoms with Gasteiger partial charge in [-0.05, 0) is 19.1 Å². The maximum atomic E-state index is 12.0. The van der Waals surface area contributed by atoms with Crippen molar-refractivity contribution in [1.82, 2.24) is 9.88 Å². The Morgan fingerprint density at radius 3 is 2.71 bits per heavy atom. The highest BCUT2D eigenvalue weighted by atomic mass is 32.1. The number of amides is 1. The molecule has 1 heterocycles. The van der Waals surface area contributed by atoms with E-state index in [4.69, 9.17) is 10.5 Å². The molecule has 0 spiro atoms. The van der Waals surface area contributed by atoms with Crippen molar-refractivity contribution in [1.29, 1.82) is 0 Å². The molecule has 0 saturated heterocycles. The molecule has 1 aromatic carbocycles. The lowest BCUT2D eigenvalue weighted by Crippen LogP contribution is -2.32. The lowest BCUT2D eigenvalue weighted by molar-refractivity contribution is -0.129. The Bertz CT molecular complexity index is 595. The van der Waals surface area contributed by atoms with Crippen LogP contribution in [0.25, 0.3) is 0 Å². The third-order valence-electron chi connectivity index (χ3n) is 3.04. The SMILES string of the molecule is Cc1ccc(OCCN(C)C(=O)Cc2csc(N)n2)cc1. The molecule has 2 aromatic rings. The Labute approximate surface area is 128 Å². The zero-order valence-corrected chi connectivity index (χ0v) is 13.0. The molecule has 2 rings (SSSR count). The van der Waals surface area contributed by atoms with E-state index in [0.29, 0.717) is 24.0 Å². The molecule has 0 fully saturated rings. The van der Waals surface area contributed by atoms with E-state index in [9.17, 15) is 4.79 Å². The predicted octanol–water partition coefficient (Wildman–Crippen LogP) is 2.11. The first-order valence-electron chi connectivity index (χ1n) is 6.68. The first kappa shape index (κ1) is 15.3. The molecule has 0 atom stereocenters. The van der Waals surface area contributed by atoms with E-state index in [2.05, 4.69) is 4.98 Å². The fraction of sp³-hybridized carbons (Fsp3) is 0.333. The number of carbonyl (C=O) groups is 1. The maximum Gasteiger partial charge on any atom is 0.228 e. The second-order valence-corrected chi connectivity index (χ2v) is 5.72. The number of hydrogen-bond acceptors (Lipinski definition) is 5. The maximum absolute atomic E-state index is 12.0. The van der Waals surface area contributed by atoms with Crippen molar-refractivity contribution in [2.75, 3.05) is 25.9 Å². The van der Waals surface area contributed by atoms with Gasteiger partial charge < -0.3 is 15.4 Å². The van der Waals surface area contributed by atoms with Crippen molar-refractivity contribution in [2.24, 2.45) is 0 Å². The highest BCUT2D eigenvalue weighted by molar-refractivity contribution is 7.13. The number of rotatable bonds is 6. The highest BCUT2D eigenvalue weighted by Crippen LogP contribution is 2.13. The summed E-state index contributed by atoms with van der Waals surface area (Å²) in [5, 5.41) is 2.30. The normalized spacial score (nSPS) is 10.4. The van der Waals surface area contributed by atoms with Gasteiger partial charge in [-0.15, -0.1) is 11.3 Å². The van der Waals surface area contributed by atoms with E-state index in [0.717, 1.165) is 5.75 Å². The lowest BCUT2D eigenvalue weighted by atomic mass is 10.2. The minimum atomic E-state index is 0.00723. The summed E-state index contributed by atoms with van der Waals surface area (Å²) in [6.07, 6.45) is 0.273. The molecule has 0 bridgehead atoms. The zero-order chi connectivity index (χ0) is 15.2. The van der Waals surface area contributed by atoms with Crippen LogP contribution in [0.15, 0.2) is 29.6 Å². The van der Waals surface area contributed by atoms with Crippen LogP contribution < -0.4 is 10.5 Å². The van der Waals surface area contributed by atoms with Crippen molar-refractivity contribution >= 4 is 22.4 Å². The van der Waals surface area contributed by atoms with Crippen LogP contribution in [0.4, 0.5) is 5.13 Å². The molecule has 6 heteroatoms. The first-order valence-corrected chi connectivity index (χ1v) is 7.56. The topological polar surface area (TPSA) is 68.5 Å². The molecule has 21 heavy (non-hydrogen) atoms. The van der Waals surface area contributed by atoms with Crippen LogP contribution in [-0.4, -0.2) is 36.0 Å². The van der Waals surface area contributed by atoms with Gasteiger partial charge >= 0.3 is 0 Å². The minimum Gasteiger partial charge on any atom is -0.492 e. The van der Waals surface area contributed by atoms with Gasteiger partial charge in [0.2, 0.25) is 5.91 Å². The summed E-state index contributed by atoms with van der Waals surface area (Å²) in [4.78, 5) is 17.7. The molecule has 1 amide bonds. The molecule has 0 aliphatic carbocycles. The standard InChI is InChI=1S/C15H19N3O2S/c1-11-3-5-13(6-4-11)20-8-7-18(2)14(19)9-12-10-21-15(16)17-12/h3-6,10H,7-9H2,1-2H3,(H2,16,17). The summed E-state index contributed by atoms with van der Waals surface area (Å²) in [6, 6.07) is 7.85. The highest BCUT2D eigenvalue weighted by Gasteiger charge is 2.11. The molecule has 5 nitrogen and oxygen atoms in total. The quantitative estimate of drug-likeness (QED) is 0.887. The van der Waals surface area contributed by atoms with Crippen LogP contribution in [-0.2, 0) is 11.2 Å². The predicted molar refractivity (Wildman–Crippen MR) is 84.5 cm³/mol. The number of nitrogens with zero attached hydrogens (tertiary/aromatic N) is 2. The molecule has 0 aliphatic rings. The summed E-state index contributed by atoms with van der Waals surface area (Å²) in [5.74, 6) is 0.821. The molecule has 0 unspecified atom stereocenters.